The first kappa shape index (κ1) is 21.3. The van der Waals surface area contributed by atoms with Gasteiger partial charge in [0.05, 0.1) is 6.04 Å². The molecule has 1 heterocycles. The highest BCUT2D eigenvalue weighted by molar-refractivity contribution is 6.02. The van der Waals surface area contributed by atoms with Crippen LogP contribution in [0.15, 0.2) is 60.7 Å². The van der Waals surface area contributed by atoms with Crippen LogP contribution < -0.4 is 0 Å². The molecule has 0 saturated carbocycles. The van der Waals surface area contributed by atoms with Gasteiger partial charge in [0.15, 0.2) is 5.78 Å². The van der Waals surface area contributed by atoms with Gasteiger partial charge in [-0.2, -0.15) is 0 Å². The second-order valence-electron chi connectivity index (χ2n) is 8.22. The van der Waals surface area contributed by atoms with E-state index in [4.69, 9.17) is 0 Å². The number of rotatable bonds is 7. The van der Waals surface area contributed by atoms with E-state index in [0.717, 1.165) is 25.7 Å². The average Bonchev–Trinajstić information content (AvgIpc) is 2.80. The summed E-state index contributed by atoms with van der Waals surface area (Å²) in [5, 5.41) is 0. The molecule has 0 aromatic heterocycles. The molecule has 0 unspecified atom stereocenters. The summed E-state index contributed by atoms with van der Waals surface area (Å²) in [6.45, 7) is 6.92. The maximum Gasteiger partial charge on any atom is 0.229 e. The number of carbonyl (C=O) groups is 2. The second-order valence-corrected chi connectivity index (χ2v) is 8.22. The van der Waals surface area contributed by atoms with E-state index in [9.17, 15) is 9.59 Å². The smallest absolute Gasteiger partial charge is 0.229 e. The number of benzene rings is 2. The molecule has 2 atom stereocenters. The number of ketones is 1. The van der Waals surface area contributed by atoms with Crippen LogP contribution in [-0.2, 0) is 4.79 Å². The molecule has 1 aliphatic heterocycles. The van der Waals surface area contributed by atoms with Crippen LogP contribution >= 0.6 is 0 Å². The van der Waals surface area contributed by atoms with Crippen molar-refractivity contribution in [3.8, 4) is 0 Å². The molecule has 3 nitrogen and oxygen atoms in total. The minimum atomic E-state index is -0.395. The zero-order valence-corrected chi connectivity index (χ0v) is 17.9. The number of nitrogens with zero attached hydrogens (tertiary/aromatic N) is 1. The summed E-state index contributed by atoms with van der Waals surface area (Å²) in [5.74, 6) is 0.528. The lowest BCUT2D eigenvalue weighted by atomic mass is 9.76. The van der Waals surface area contributed by atoms with Crippen molar-refractivity contribution >= 4 is 11.7 Å². The normalized spacial score (nSPS) is 19.8. The van der Waals surface area contributed by atoms with E-state index in [2.05, 4.69) is 45.0 Å². The molecular formula is C26H33NO2. The van der Waals surface area contributed by atoms with Gasteiger partial charge in [0.2, 0.25) is 5.91 Å². The predicted octanol–water partition coefficient (Wildman–Crippen LogP) is 5.86. The fourth-order valence-corrected chi connectivity index (χ4v) is 4.79. The summed E-state index contributed by atoms with van der Waals surface area (Å²) < 4.78 is 0. The Balaban J connectivity index is 1.94. The monoisotopic (exact) mass is 391 g/mol. The Kier molecular flexibility index (Phi) is 6.89. The van der Waals surface area contributed by atoms with Crippen molar-refractivity contribution in [1.82, 2.24) is 4.90 Å². The summed E-state index contributed by atoms with van der Waals surface area (Å²) in [6, 6.07) is 19.4. The Morgan fingerprint density at radius 1 is 0.897 bits per heavy atom. The number of amides is 1. The van der Waals surface area contributed by atoms with Crippen LogP contribution in [0.2, 0.25) is 0 Å². The lowest BCUT2D eigenvalue weighted by Crippen LogP contribution is -2.54. The Hall–Kier alpha value is -2.42. The van der Waals surface area contributed by atoms with Gasteiger partial charge in [-0.1, -0.05) is 81.4 Å². The maximum atomic E-state index is 13.7. The minimum Gasteiger partial charge on any atom is -0.332 e. The molecule has 2 aromatic carbocycles. The average molecular weight is 392 g/mol. The van der Waals surface area contributed by atoms with Gasteiger partial charge in [-0.05, 0) is 43.6 Å². The molecule has 0 aliphatic carbocycles. The van der Waals surface area contributed by atoms with Crippen molar-refractivity contribution in [2.24, 2.45) is 5.41 Å². The highest BCUT2D eigenvalue weighted by Crippen LogP contribution is 2.39. The molecular weight excluding hydrogens is 358 g/mol. The Morgan fingerprint density at radius 3 is 2.00 bits per heavy atom. The van der Waals surface area contributed by atoms with Crippen molar-refractivity contribution in [2.45, 2.75) is 64.8 Å². The van der Waals surface area contributed by atoms with E-state index in [1.807, 2.05) is 41.3 Å². The summed E-state index contributed by atoms with van der Waals surface area (Å²) in [6.07, 6.45) is 4.02. The molecule has 1 fully saturated rings. The molecule has 0 spiro atoms. The first-order valence-electron chi connectivity index (χ1n) is 11.0. The van der Waals surface area contributed by atoms with Gasteiger partial charge < -0.3 is 4.90 Å². The largest absolute Gasteiger partial charge is 0.332 e. The lowest BCUT2D eigenvalue weighted by Gasteiger charge is -2.44. The van der Waals surface area contributed by atoms with Crippen molar-refractivity contribution in [3.05, 3.63) is 71.8 Å². The predicted molar refractivity (Wildman–Crippen MR) is 118 cm³/mol. The number of likely N-dealkylation sites (tertiary alicyclic amines) is 1. The summed E-state index contributed by atoms with van der Waals surface area (Å²) >= 11 is 0. The molecule has 1 saturated heterocycles. The standard InChI is InChI=1S/C26H33NO2/c1-4-26(5-2,6-3)25(29)27-18-17-22(20-13-9-7-10-14-20)19-23(27)24(28)21-15-11-8-12-16-21/h7-16,22-23H,4-6,17-19H2,1-3H3/t22-,23-/m1/s1. The third kappa shape index (κ3) is 4.29. The maximum absolute atomic E-state index is 13.7. The van der Waals surface area contributed by atoms with Gasteiger partial charge in [-0.25, -0.2) is 0 Å². The van der Waals surface area contributed by atoms with Crippen molar-refractivity contribution < 1.29 is 9.59 Å². The highest BCUT2D eigenvalue weighted by atomic mass is 16.2. The molecule has 0 bridgehead atoms. The van der Waals surface area contributed by atoms with Crippen LogP contribution in [0.5, 0.6) is 0 Å². The van der Waals surface area contributed by atoms with Gasteiger partial charge in [0, 0.05) is 17.5 Å². The minimum absolute atomic E-state index is 0.0665. The first-order valence-corrected chi connectivity index (χ1v) is 11.0. The Labute approximate surface area is 175 Å². The SMILES string of the molecule is CCC(CC)(CC)C(=O)N1CC[C@@H](c2ccccc2)C[C@@H]1C(=O)c1ccccc1. The number of hydrogen-bond donors (Lipinski definition) is 0. The second kappa shape index (κ2) is 9.39. The van der Waals surface area contributed by atoms with Crippen LogP contribution in [0, 0.1) is 5.41 Å². The number of carbonyl (C=O) groups excluding carboxylic acids is 2. The van der Waals surface area contributed by atoms with Gasteiger partial charge >= 0.3 is 0 Å². The van der Waals surface area contributed by atoms with E-state index in [-0.39, 0.29) is 17.1 Å². The van der Waals surface area contributed by atoms with Crippen LogP contribution in [0.3, 0.4) is 0 Å². The number of piperidine rings is 1. The molecule has 0 N–H and O–H groups in total. The number of hydrogen-bond acceptors (Lipinski definition) is 2. The third-order valence-electron chi connectivity index (χ3n) is 6.98. The fraction of sp³-hybridized carbons (Fsp3) is 0.462. The van der Waals surface area contributed by atoms with E-state index >= 15 is 0 Å². The van der Waals surface area contributed by atoms with E-state index < -0.39 is 6.04 Å². The van der Waals surface area contributed by atoms with Gasteiger partial charge in [-0.15, -0.1) is 0 Å². The van der Waals surface area contributed by atoms with Crippen LogP contribution in [0.1, 0.15) is 74.7 Å². The fourth-order valence-electron chi connectivity index (χ4n) is 4.79. The third-order valence-corrected chi connectivity index (χ3v) is 6.98. The van der Waals surface area contributed by atoms with Crippen molar-refractivity contribution in [2.75, 3.05) is 6.54 Å². The van der Waals surface area contributed by atoms with Crippen LogP contribution in [0.4, 0.5) is 0 Å². The van der Waals surface area contributed by atoms with Gasteiger partial charge in [-0.3, -0.25) is 9.59 Å². The summed E-state index contributed by atoms with van der Waals surface area (Å²) in [5.41, 5.74) is 1.59. The van der Waals surface area contributed by atoms with Crippen molar-refractivity contribution in [3.63, 3.8) is 0 Å². The molecule has 154 valence electrons. The van der Waals surface area contributed by atoms with Crippen LogP contribution in [-0.4, -0.2) is 29.2 Å². The molecule has 1 aliphatic rings. The quantitative estimate of drug-likeness (QED) is 0.554. The molecule has 3 heteroatoms. The molecule has 29 heavy (non-hydrogen) atoms. The topological polar surface area (TPSA) is 37.4 Å². The molecule has 1 amide bonds. The highest BCUT2D eigenvalue weighted by Gasteiger charge is 2.43. The van der Waals surface area contributed by atoms with E-state index in [1.165, 1.54) is 5.56 Å². The molecule has 3 rings (SSSR count). The number of Topliss-reactive ketones (excluding diaryl/α,β-unsaturated/α-hetero) is 1. The first-order chi connectivity index (χ1) is 14.1. The lowest BCUT2D eigenvalue weighted by molar-refractivity contribution is -0.146. The van der Waals surface area contributed by atoms with Gasteiger partial charge in [0.1, 0.15) is 0 Å². The molecule has 0 radical (unpaired) electrons. The summed E-state index contributed by atoms with van der Waals surface area (Å²) in [7, 11) is 0. The van der Waals surface area contributed by atoms with Crippen LogP contribution in [0.25, 0.3) is 0 Å². The van der Waals surface area contributed by atoms with Crippen molar-refractivity contribution in [1.29, 1.82) is 0 Å². The van der Waals surface area contributed by atoms with Gasteiger partial charge in [0.25, 0.3) is 0 Å². The van der Waals surface area contributed by atoms with E-state index in [0.29, 0.717) is 24.4 Å². The Morgan fingerprint density at radius 2 is 1.45 bits per heavy atom. The summed E-state index contributed by atoms with van der Waals surface area (Å²) in [4.78, 5) is 29.1. The van der Waals surface area contributed by atoms with E-state index in [1.54, 1.807) is 0 Å². The zero-order valence-electron chi connectivity index (χ0n) is 17.9. The Bertz CT molecular complexity index is 803. The molecule has 2 aromatic rings. The zero-order chi connectivity index (χ0) is 20.9.